The van der Waals surface area contributed by atoms with E-state index in [1.807, 2.05) is 66.7 Å². The number of benzene rings is 3. The molecule has 0 spiro atoms. The standard InChI is InChI=1S/C32H35N3O6S2/c36-19-22-11-13-23(14-12-22)27-17-25(20-42-32-34-26-5-1-2-6-28(26)43-32)40-31(41-27)24-15-9-21(10-16-24)18-33-29(37)7-3-4-8-30(38)35-39/h1-2,5-6,9-16,25,27,31,36,39H,3-4,7-8,17-20H2,(H,33,37)(H,35,38)/t25-,27+,31+/m1/s1. The first kappa shape index (κ1) is 31.1. The van der Waals surface area contributed by atoms with Gasteiger partial charge in [0.2, 0.25) is 11.8 Å². The zero-order valence-corrected chi connectivity index (χ0v) is 25.2. The molecule has 1 fully saturated rings. The first-order chi connectivity index (χ1) is 21.0. The quantitative estimate of drug-likeness (QED) is 0.0637. The highest BCUT2D eigenvalue weighted by molar-refractivity contribution is 8.01. The lowest BCUT2D eigenvalue weighted by Crippen LogP contribution is -2.31. The van der Waals surface area contributed by atoms with E-state index in [9.17, 15) is 14.7 Å². The summed E-state index contributed by atoms with van der Waals surface area (Å²) in [5.41, 5.74) is 6.33. The minimum atomic E-state index is -0.558. The Morgan fingerprint density at radius 2 is 1.60 bits per heavy atom. The van der Waals surface area contributed by atoms with E-state index in [1.165, 1.54) is 4.70 Å². The molecule has 1 aliphatic heterocycles. The van der Waals surface area contributed by atoms with Crippen LogP contribution < -0.4 is 10.8 Å². The molecule has 3 aromatic carbocycles. The van der Waals surface area contributed by atoms with E-state index in [0.29, 0.717) is 32.2 Å². The SMILES string of the molecule is O=C(CCCCC(=O)NCc1ccc([C@H]2O[C@@H](CSc3nc4ccccc4s3)C[C@@H](c3ccc(CO)cc3)O2)cc1)NO. The van der Waals surface area contributed by atoms with Crippen LogP contribution in [0.5, 0.6) is 0 Å². The summed E-state index contributed by atoms with van der Waals surface area (Å²) in [5.74, 6) is 0.200. The van der Waals surface area contributed by atoms with Gasteiger partial charge in [-0.1, -0.05) is 72.4 Å². The Hall–Kier alpha value is -3.32. The number of hydrogen-bond donors (Lipinski definition) is 4. The Labute approximate surface area is 258 Å². The largest absolute Gasteiger partial charge is 0.392 e. The molecule has 226 valence electrons. The molecule has 0 unspecified atom stereocenters. The molecular formula is C32H35N3O6S2. The molecule has 4 N–H and O–H groups in total. The number of hydrogen-bond acceptors (Lipinski definition) is 9. The number of aliphatic hydroxyl groups excluding tert-OH is 1. The van der Waals surface area contributed by atoms with Crippen molar-refractivity contribution >= 4 is 45.1 Å². The average Bonchev–Trinajstić information content (AvgIpc) is 3.48. The first-order valence-corrected chi connectivity index (χ1v) is 16.1. The second kappa shape index (κ2) is 15.4. The molecule has 1 aliphatic rings. The van der Waals surface area contributed by atoms with E-state index >= 15 is 0 Å². The van der Waals surface area contributed by atoms with Crippen molar-refractivity contribution in [3.05, 3.63) is 95.1 Å². The number of unbranched alkanes of at least 4 members (excludes halogenated alkanes) is 1. The number of carbonyl (C=O) groups is 2. The summed E-state index contributed by atoms with van der Waals surface area (Å²) in [5, 5.41) is 20.9. The minimum absolute atomic E-state index is 0.00484. The Balaban J connectivity index is 1.20. The average molecular weight is 622 g/mol. The van der Waals surface area contributed by atoms with Crippen molar-refractivity contribution in [3.8, 4) is 0 Å². The van der Waals surface area contributed by atoms with Gasteiger partial charge in [0.25, 0.3) is 0 Å². The number of fused-ring (bicyclic) bond motifs is 1. The summed E-state index contributed by atoms with van der Waals surface area (Å²) < 4.78 is 15.1. The monoisotopic (exact) mass is 621 g/mol. The zero-order chi connectivity index (χ0) is 30.0. The molecule has 0 aliphatic carbocycles. The van der Waals surface area contributed by atoms with E-state index in [2.05, 4.69) is 11.4 Å². The summed E-state index contributed by atoms with van der Waals surface area (Å²) in [7, 11) is 0. The van der Waals surface area contributed by atoms with Crippen LogP contribution in [0.1, 0.15) is 66.8 Å². The topological polar surface area (TPSA) is 130 Å². The van der Waals surface area contributed by atoms with Crippen molar-refractivity contribution in [2.75, 3.05) is 5.75 Å². The number of nitrogens with zero attached hydrogens (tertiary/aromatic N) is 1. The number of thioether (sulfide) groups is 1. The Morgan fingerprint density at radius 1 is 0.907 bits per heavy atom. The highest BCUT2D eigenvalue weighted by Crippen LogP contribution is 2.40. The van der Waals surface area contributed by atoms with Gasteiger partial charge >= 0.3 is 0 Å². The van der Waals surface area contributed by atoms with Gasteiger partial charge in [0.05, 0.1) is 29.0 Å². The van der Waals surface area contributed by atoms with Crippen LogP contribution in [0.4, 0.5) is 0 Å². The normalized spacial score (nSPS) is 18.4. The van der Waals surface area contributed by atoms with Crippen LogP contribution in [0.2, 0.25) is 0 Å². The maximum atomic E-state index is 12.2. The molecule has 2 heterocycles. The number of hydroxylamine groups is 1. The fourth-order valence-electron chi connectivity index (χ4n) is 4.81. The molecule has 1 saturated heterocycles. The molecule has 5 rings (SSSR count). The number of thiazole rings is 1. The van der Waals surface area contributed by atoms with Crippen molar-refractivity contribution < 1.29 is 29.4 Å². The van der Waals surface area contributed by atoms with E-state index in [4.69, 9.17) is 19.7 Å². The third kappa shape index (κ3) is 8.85. The number of amides is 2. The maximum absolute atomic E-state index is 12.2. The van der Waals surface area contributed by atoms with Crippen LogP contribution in [0.25, 0.3) is 10.2 Å². The summed E-state index contributed by atoms with van der Waals surface area (Å²) in [6.07, 6.45) is 1.50. The molecule has 0 saturated carbocycles. The van der Waals surface area contributed by atoms with Gasteiger partial charge in [-0.2, -0.15) is 0 Å². The van der Waals surface area contributed by atoms with Gasteiger partial charge in [0.15, 0.2) is 10.6 Å². The number of ether oxygens (including phenoxy) is 2. The summed E-state index contributed by atoms with van der Waals surface area (Å²) in [6.45, 7) is 0.388. The molecule has 4 aromatic rings. The predicted octanol–water partition coefficient (Wildman–Crippen LogP) is 5.81. The number of rotatable bonds is 13. The van der Waals surface area contributed by atoms with E-state index in [-0.39, 0.29) is 31.1 Å². The van der Waals surface area contributed by atoms with Crippen LogP contribution in [-0.2, 0) is 32.2 Å². The van der Waals surface area contributed by atoms with Crippen molar-refractivity contribution in [1.82, 2.24) is 15.8 Å². The molecule has 1 aromatic heterocycles. The third-order valence-electron chi connectivity index (χ3n) is 7.21. The van der Waals surface area contributed by atoms with Crippen LogP contribution >= 0.6 is 23.1 Å². The Bertz CT molecular complexity index is 1460. The van der Waals surface area contributed by atoms with Crippen LogP contribution in [0.15, 0.2) is 77.1 Å². The van der Waals surface area contributed by atoms with Crippen LogP contribution in [0, 0.1) is 0 Å². The van der Waals surface area contributed by atoms with Crippen molar-refractivity contribution in [2.24, 2.45) is 0 Å². The maximum Gasteiger partial charge on any atom is 0.243 e. The molecule has 9 nitrogen and oxygen atoms in total. The number of nitrogens with one attached hydrogen (secondary N) is 2. The van der Waals surface area contributed by atoms with Gasteiger partial charge in [-0.25, -0.2) is 10.5 Å². The van der Waals surface area contributed by atoms with E-state index < -0.39 is 12.2 Å². The fourth-order valence-corrected chi connectivity index (χ4v) is 6.92. The fraction of sp³-hybridized carbons (Fsp3) is 0.344. The molecule has 0 bridgehead atoms. The van der Waals surface area contributed by atoms with Gasteiger partial charge in [0, 0.05) is 37.1 Å². The molecule has 43 heavy (non-hydrogen) atoms. The van der Waals surface area contributed by atoms with Gasteiger partial charge in [-0.3, -0.25) is 14.8 Å². The Kier molecular flexibility index (Phi) is 11.2. The first-order valence-electron chi connectivity index (χ1n) is 14.3. The lowest BCUT2D eigenvalue weighted by Gasteiger charge is -2.36. The van der Waals surface area contributed by atoms with Gasteiger partial charge < -0.3 is 19.9 Å². The summed E-state index contributed by atoms with van der Waals surface area (Å²) >= 11 is 3.38. The van der Waals surface area contributed by atoms with Crippen LogP contribution in [0.3, 0.4) is 0 Å². The molecular weight excluding hydrogens is 587 g/mol. The van der Waals surface area contributed by atoms with Gasteiger partial charge in [-0.05, 0) is 41.7 Å². The summed E-state index contributed by atoms with van der Waals surface area (Å²) in [6, 6.07) is 23.8. The van der Waals surface area contributed by atoms with E-state index in [1.54, 1.807) is 28.6 Å². The number of aromatic nitrogens is 1. The van der Waals surface area contributed by atoms with Crippen molar-refractivity contribution in [3.63, 3.8) is 0 Å². The highest BCUT2D eigenvalue weighted by atomic mass is 32.2. The van der Waals surface area contributed by atoms with Crippen LogP contribution in [-0.4, -0.2) is 39.0 Å². The molecule has 3 atom stereocenters. The van der Waals surface area contributed by atoms with Crippen molar-refractivity contribution in [1.29, 1.82) is 0 Å². The minimum Gasteiger partial charge on any atom is -0.392 e. The highest BCUT2D eigenvalue weighted by Gasteiger charge is 2.32. The summed E-state index contributed by atoms with van der Waals surface area (Å²) in [4.78, 5) is 28.0. The predicted molar refractivity (Wildman–Crippen MR) is 165 cm³/mol. The smallest absolute Gasteiger partial charge is 0.243 e. The number of carbonyl (C=O) groups excluding carboxylic acids is 2. The second-order valence-corrected chi connectivity index (χ2v) is 12.7. The number of aliphatic hydroxyl groups is 1. The molecule has 11 heteroatoms. The van der Waals surface area contributed by atoms with Crippen molar-refractivity contribution in [2.45, 2.75) is 68.1 Å². The lowest BCUT2D eigenvalue weighted by molar-refractivity contribution is -0.245. The lowest BCUT2D eigenvalue weighted by atomic mass is 10.0. The van der Waals surface area contributed by atoms with E-state index in [0.717, 1.165) is 37.9 Å². The number of para-hydroxylation sites is 1. The van der Waals surface area contributed by atoms with Gasteiger partial charge in [0.1, 0.15) is 0 Å². The second-order valence-electron chi connectivity index (χ2n) is 10.4. The third-order valence-corrected chi connectivity index (χ3v) is 9.52. The molecule has 0 radical (unpaired) electrons. The zero-order valence-electron chi connectivity index (χ0n) is 23.6. The Morgan fingerprint density at radius 3 is 2.33 bits per heavy atom. The molecule has 2 amide bonds. The van der Waals surface area contributed by atoms with Gasteiger partial charge in [-0.15, -0.1) is 11.3 Å².